The number of hydrogen-bond donors (Lipinski definition) is 1. The zero-order valence-electron chi connectivity index (χ0n) is 10.8. The van der Waals surface area contributed by atoms with Crippen molar-refractivity contribution in [1.82, 2.24) is 0 Å². The van der Waals surface area contributed by atoms with E-state index in [0.717, 1.165) is 18.6 Å². The molecule has 2 N–H and O–H groups in total. The Morgan fingerprint density at radius 1 is 1.43 bits per heavy atom. The van der Waals surface area contributed by atoms with E-state index in [4.69, 9.17) is 37.8 Å². The Bertz CT molecular complexity index is 656. The second kappa shape index (κ2) is 6.50. The molecular formula is C12H13Cl2NO5S. The monoisotopic (exact) mass is 353 g/mol. The zero-order chi connectivity index (χ0) is 15.6. The molecule has 116 valence electrons. The van der Waals surface area contributed by atoms with Gasteiger partial charge in [0.2, 0.25) is 10.0 Å². The Morgan fingerprint density at radius 3 is 2.71 bits per heavy atom. The third-order valence-corrected chi connectivity index (χ3v) is 4.72. The predicted molar refractivity (Wildman–Crippen MR) is 77.0 cm³/mol. The van der Waals surface area contributed by atoms with Crippen LogP contribution in [0.25, 0.3) is 0 Å². The summed E-state index contributed by atoms with van der Waals surface area (Å²) in [5, 5.41) is 4.86. The molecule has 1 aliphatic heterocycles. The van der Waals surface area contributed by atoms with E-state index in [-0.39, 0.29) is 33.0 Å². The fraction of sp³-hybridized carbons (Fsp3) is 0.417. The van der Waals surface area contributed by atoms with Crippen molar-refractivity contribution in [3.05, 3.63) is 27.7 Å². The summed E-state index contributed by atoms with van der Waals surface area (Å²) in [5.41, 5.74) is -0.132. The van der Waals surface area contributed by atoms with Crippen LogP contribution in [0.3, 0.4) is 0 Å². The van der Waals surface area contributed by atoms with Crippen molar-refractivity contribution in [3.63, 3.8) is 0 Å². The van der Waals surface area contributed by atoms with E-state index in [9.17, 15) is 13.2 Å². The lowest BCUT2D eigenvalue weighted by atomic mass is 10.1. The molecular weight excluding hydrogens is 341 g/mol. The standard InChI is InChI=1S/C12H13Cl2NO5S/c13-10-4-8(21(15,17)18)3-9(11(10)14)12(16)20-6-7-1-2-19-5-7/h3-4,7H,1-2,5-6H2,(H2,15,17,18). The topological polar surface area (TPSA) is 95.7 Å². The molecule has 0 spiro atoms. The van der Waals surface area contributed by atoms with Crippen molar-refractivity contribution in [2.45, 2.75) is 11.3 Å². The van der Waals surface area contributed by atoms with Gasteiger partial charge in [-0.05, 0) is 18.6 Å². The summed E-state index contributed by atoms with van der Waals surface area (Å²) in [6, 6.07) is 2.14. The van der Waals surface area contributed by atoms with Crippen LogP contribution >= 0.6 is 23.2 Å². The highest BCUT2D eigenvalue weighted by atomic mass is 35.5. The Hall–Kier alpha value is -0.860. The summed E-state index contributed by atoms with van der Waals surface area (Å²) >= 11 is 11.7. The SMILES string of the molecule is NS(=O)(=O)c1cc(Cl)c(Cl)c(C(=O)OCC2CCOC2)c1. The van der Waals surface area contributed by atoms with Crippen LogP contribution in [0.5, 0.6) is 0 Å². The number of benzene rings is 1. The van der Waals surface area contributed by atoms with Gasteiger partial charge in [0.25, 0.3) is 0 Å². The van der Waals surface area contributed by atoms with Crippen LogP contribution < -0.4 is 5.14 Å². The maximum atomic E-state index is 12.0. The van der Waals surface area contributed by atoms with E-state index in [1.54, 1.807) is 0 Å². The molecule has 1 aromatic carbocycles. The molecule has 1 unspecified atom stereocenters. The molecule has 6 nitrogen and oxygen atoms in total. The smallest absolute Gasteiger partial charge is 0.339 e. The molecule has 1 aromatic rings. The lowest BCUT2D eigenvalue weighted by molar-refractivity contribution is 0.0428. The first-order chi connectivity index (χ1) is 9.79. The summed E-state index contributed by atoms with van der Waals surface area (Å²) < 4.78 is 33.0. The lowest BCUT2D eigenvalue weighted by Gasteiger charge is -2.11. The number of halogens is 2. The molecule has 1 aliphatic rings. The van der Waals surface area contributed by atoms with E-state index in [1.165, 1.54) is 0 Å². The fourth-order valence-corrected chi connectivity index (χ4v) is 2.90. The molecule has 21 heavy (non-hydrogen) atoms. The number of carbonyl (C=O) groups is 1. The molecule has 0 radical (unpaired) electrons. The van der Waals surface area contributed by atoms with Gasteiger partial charge in [-0.3, -0.25) is 0 Å². The highest BCUT2D eigenvalue weighted by molar-refractivity contribution is 7.89. The average molecular weight is 354 g/mol. The normalized spacial score (nSPS) is 18.7. The Morgan fingerprint density at radius 2 is 2.14 bits per heavy atom. The number of ether oxygens (including phenoxy) is 2. The number of esters is 1. The minimum Gasteiger partial charge on any atom is -0.462 e. The predicted octanol–water partition coefficient (Wildman–Crippen LogP) is 1.83. The van der Waals surface area contributed by atoms with Crippen LogP contribution in [0.4, 0.5) is 0 Å². The van der Waals surface area contributed by atoms with Crippen molar-refractivity contribution in [2.24, 2.45) is 11.1 Å². The quantitative estimate of drug-likeness (QED) is 0.833. The maximum Gasteiger partial charge on any atom is 0.339 e. The first-order valence-corrected chi connectivity index (χ1v) is 8.36. The first kappa shape index (κ1) is 16.5. The fourth-order valence-electron chi connectivity index (χ4n) is 1.86. The van der Waals surface area contributed by atoms with Crippen LogP contribution in [0, 0.1) is 5.92 Å². The van der Waals surface area contributed by atoms with E-state index in [1.807, 2.05) is 0 Å². The molecule has 1 fully saturated rings. The minimum absolute atomic E-state index is 0.0725. The van der Waals surface area contributed by atoms with E-state index in [2.05, 4.69) is 0 Å². The van der Waals surface area contributed by atoms with Crippen LogP contribution in [0.15, 0.2) is 17.0 Å². The Labute approximate surface area is 132 Å². The van der Waals surface area contributed by atoms with Gasteiger partial charge in [-0.1, -0.05) is 23.2 Å². The molecule has 0 amide bonds. The van der Waals surface area contributed by atoms with Crippen molar-refractivity contribution >= 4 is 39.2 Å². The summed E-state index contributed by atoms with van der Waals surface area (Å²) in [6.07, 6.45) is 0.805. The molecule has 1 atom stereocenters. The second-order valence-corrected chi connectivity index (χ2v) is 6.99. The van der Waals surface area contributed by atoms with Gasteiger partial charge in [0.15, 0.2) is 0 Å². The Kier molecular flexibility index (Phi) is 5.11. The van der Waals surface area contributed by atoms with Gasteiger partial charge in [0.05, 0.1) is 33.7 Å². The first-order valence-electron chi connectivity index (χ1n) is 6.05. The van der Waals surface area contributed by atoms with Crippen LogP contribution in [0.1, 0.15) is 16.8 Å². The summed E-state index contributed by atoms with van der Waals surface area (Å²) in [6.45, 7) is 1.33. The highest BCUT2D eigenvalue weighted by Gasteiger charge is 2.22. The van der Waals surface area contributed by atoms with Crippen molar-refractivity contribution in [2.75, 3.05) is 19.8 Å². The van der Waals surface area contributed by atoms with Gasteiger partial charge >= 0.3 is 5.97 Å². The van der Waals surface area contributed by atoms with Gasteiger partial charge in [-0.2, -0.15) is 0 Å². The molecule has 1 saturated heterocycles. The van der Waals surface area contributed by atoms with Gasteiger partial charge in [-0.25, -0.2) is 18.4 Å². The summed E-state index contributed by atoms with van der Waals surface area (Å²) in [5.74, 6) is -0.621. The maximum absolute atomic E-state index is 12.0. The number of sulfonamides is 1. The van der Waals surface area contributed by atoms with Crippen molar-refractivity contribution in [3.8, 4) is 0 Å². The molecule has 1 heterocycles. The third kappa shape index (κ3) is 4.08. The largest absolute Gasteiger partial charge is 0.462 e. The number of primary sulfonamides is 1. The number of carbonyl (C=O) groups excluding carboxylic acids is 1. The van der Waals surface area contributed by atoms with E-state index < -0.39 is 16.0 Å². The molecule has 0 saturated carbocycles. The molecule has 9 heteroatoms. The molecule has 0 aromatic heterocycles. The van der Waals surface area contributed by atoms with Crippen LogP contribution in [-0.4, -0.2) is 34.2 Å². The van der Waals surface area contributed by atoms with Gasteiger partial charge in [0.1, 0.15) is 0 Å². The number of hydrogen-bond acceptors (Lipinski definition) is 5. The Balaban J connectivity index is 2.21. The molecule has 0 aliphatic carbocycles. The third-order valence-electron chi connectivity index (χ3n) is 3.02. The highest BCUT2D eigenvalue weighted by Crippen LogP contribution is 2.30. The zero-order valence-corrected chi connectivity index (χ0v) is 13.2. The summed E-state index contributed by atoms with van der Waals surface area (Å²) in [7, 11) is -4.00. The number of nitrogens with two attached hydrogens (primary N) is 1. The molecule has 2 rings (SSSR count). The average Bonchev–Trinajstić information content (AvgIpc) is 2.91. The van der Waals surface area contributed by atoms with Crippen molar-refractivity contribution in [1.29, 1.82) is 0 Å². The minimum atomic E-state index is -4.00. The van der Waals surface area contributed by atoms with E-state index in [0.29, 0.717) is 13.2 Å². The lowest BCUT2D eigenvalue weighted by Crippen LogP contribution is -2.17. The van der Waals surface area contributed by atoms with Gasteiger partial charge in [-0.15, -0.1) is 0 Å². The molecule has 0 bridgehead atoms. The summed E-state index contributed by atoms with van der Waals surface area (Å²) in [4.78, 5) is 11.7. The second-order valence-electron chi connectivity index (χ2n) is 4.64. The van der Waals surface area contributed by atoms with Crippen LogP contribution in [0.2, 0.25) is 10.0 Å². The van der Waals surface area contributed by atoms with Crippen molar-refractivity contribution < 1.29 is 22.7 Å². The van der Waals surface area contributed by atoms with E-state index >= 15 is 0 Å². The van der Waals surface area contributed by atoms with Crippen LogP contribution in [-0.2, 0) is 19.5 Å². The van der Waals surface area contributed by atoms with Gasteiger partial charge in [0, 0.05) is 12.5 Å². The number of rotatable bonds is 4. The van der Waals surface area contributed by atoms with Gasteiger partial charge < -0.3 is 9.47 Å².